The molecule has 4 rings (SSSR count). The van der Waals surface area contributed by atoms with Crippen molar-refractivity contribution in [3.05, 3.63) is 59.7 Å². The van der Waals surface area contributed by atoms with Crippen LogP contribution in [0.5, 0.6) is 5.75 Å². The van der Waals surface area contributed by atoms with Crippen molar-refractivity contribution in [1.29, 1.82) is 0 Å². The number of ether oxygens (including phenoxy) is 2. The zero-order chi connectivity index (χ0) is 18.9. The van der Waals surface area contributed by atoms with E-state index < -0.39 is 5.41 Å². The topological polar surface area (TPSA) is 81.7 Å². The number of hydrogen-bond donors (Lipinski definition) is 1. The van der Waals surface area contributed by atoms with Crippen LogP contribution in [-0.2, 0) is 19.7 Å². The lowest BCUT2D eigenvalue weighted by molar-refractivity contribution is -0.153. The van der Waals surface area contributed by atoms with Crippen LogP contribution < -0.4 is 10.1 Å². The van der Waals surface area contributed by atoms with E-state index >= 15 is 0 Å². The fraction of sp³-hybridized carbons (Fsp3) is 0.286. The van der Waals surface area contributed by atoms with E-state index in [1.54, 1.807) is 18.2 Å². The maximum Gasteiger partial charge on any atom is 0.317 e. The monoisotopic (exact) mass is 365 g/mol. The van der Waals surface area contributed by atoms with Crippen LogP contribution in [0, 0.1) is 0 Å². The third-order valence-corrected chi connectivity index (χ3v) is 5.19. The highest BCUT2D eigenvalue weighted by Crippen LogP contribution is 2.44. The van der Waals surface area contributed by atoms with Crippen LogP contribution in [0.1, 0.15) is 35.2 Å². The molecule has 0 unspecified atom stereocenters. The number of hydrogen-bond acceptors (Lipinski definition) is 5. The number of benzene rings is 2. The zero-order valence-corrected chi connectivity index (χ0v) is 14.7. The minimum Gasteiger partial charge on any atom is -0.482 e. The Hall–Kier alpha value is -3.15. The summed E-state index contributed by atoms with van der Waals surface area (Å²) in [5.41, 5.74) is 1.10. The normalized spacial score (nSPS) is 17.0. The van der Waals surface area contributed by atoms with Crippen molar-refractivity contribution in [2.75, 3.05) is 18.5 Å². The van der Waals surface area contributed by atoms with Gasteiger partial charge in [0.05, 0.1) is 11.1 Å². The molecule has 6 heteroatoms. The first-order chi connectivity index (χ1) is 13.1. The number of carbonyl (C=O) groups is 3. The van der Waals surface area contributed by atoms with Crippen molar-refractivity contribution in [2.45, 2.75) is 24.7 Å². The van der Waals surface area contributed by atoms with Crippen molar-refractivity contribution in [1.82, 2.24) is 0 Å². The van der Waals surface area contributed by atoms with Crippen molar-refractivity contribution < 1.29 is 23.9 Å². The van der Waals surface area contributed by atoms with Gasteiger partial charge in [0.25, 0.3) is 5.91 Å². The summed E-state index contributed by atoms with van der Waals surface area (Å²) in [6.45, 7) is -0.375. The number of anilines is 1. The molecule has 138 valence electrons. The predicted molar refractivity (Wildman–Crippen MR) is 97.8 cm³/mol. The van der Waals surface area contributed by atoms with Crippen molar-refractivity contribution in [2.24, 2.45) is 0 Å². The van der Waals surface area contributed by atoms with Crippen molar-refractivity contribution in [3.63, 3.8) is 0 Å². The maximum atomic E-state index is 12.7. The van der Waals surface area contributed by atoms with E-state index in [1.165, 1.54) is 0 Å². The highest BCUT2D eigenvalue weighted by Gasteiger charge is 2.47. The van der Waals surface area contributed by atoms with E-state index in [2.05, 4.69) is 5.32 Å². The fourth-order valence-electron chi connectivity index (χ4n) is 3.51. The molecule has 0 atom stereocenters. The summed E-state index contributed by atoms with van der Waals surface area (Å²) in [4.78, 5) is 36.6. The molecule has 1 amide bonds. The SMILES string of the molecule is O=C1COc2ccc(C(=O)COC(=O)C3(c4ccccc4)CCC3)cc2N1. The van der Waals surface area contributed by atoms with Gasteiger partial charge in [0.2, 0.25) is 0 Å². The van der Waals surface area contributed by atoms with Crippen LogP contribution in [0.3, 0.4) is 0 Å². The lowest BCUT2D eigenvalue weighted by atomic mass is 9.64. The average Bonchev–Trinajstić information content (AvgIpc) is 2.65. The van der Waals surface area contributed by atoms with E-state index in [9.17, 15) is 14.4 Å². The summed E-state index contributed by atoms with van der Waals surface area (Å²) in [6, 6.07) is 14.3. The smallest absolute Gasteiger partial charge is 0.317 e. The molecular formula is C21H19NO5. The summed E-state index contributed by atoms with van der Waals surface area (Å²) in [6.07, 6.45) is 2.42. The van der Waals surface area contributed by atoms with Gasteiger partial charge < -0.3 is 14.8 Å². The largest absolute Gasteiger partial charge is 0.482 e. The Kier molecular flexibility index (Phi) is 4.39. The molecular weight excluding hydrogens is 346 g/mol. The quantitative estimate of drug-likeness (QED) is 0.651. The number of Topliss-reactive ketones (excluding diaryl/α,β-unsaturated/α-hetero) is 1. The highest BCUT2D eigenvalue weighted by atomic mass is 16.5. The number of carbonyl (C=O) groups excluding carboxylic acids is 3. The molecule has 1 saturated carbocycles. The molecule has 1 heterocycles. The van der Waals surface area contributed by atoms with Gasteiger partial charge in [-0.2, -0.15) is 0 Å². The molecule has 1 fully saturated rings. The van der Waals surface area contributed by atoms with Gasteiger partial charge in [-0.15, -0.1) is 0 Å². The molecule has 1 N–H and O–H groups in total. The molecule has 0 aromatic heterocycles. The van der Waals surface area contributed by atoms with E-state index in [0.717, 1.165) is 24.8 Å². The fourth-order valence-corrected chi connectivity index (χ4v) is 3.51. The van der Waals surface area contributed by atoms with E-state index in [1.807, 2.05) is 30.3 Å². The number of amides is 1. The standard InChI is InChI=1S/C21H19NO5/c23-17(14-7-8-18-16(11-14)22-19(24)13-26-18)12-27-20(25)21(9-4-10-21)15-5-2-1-3-6-15/h1-3,5-8,11H,4,9-10,12-13H2,(H,22,24). The number of rotatable bonds is 5. The van der Waals surface area contributed by atoms with Crippen LogP contribution >= 0.6 is 0 Å². The molecule has 0 bridgehead atoms. The Bertz CT molecular complexity index is 902. The van der Waals surface area contributed by atoms with E-state index in [-0.39, 0.29) is 30.9 Å². The summed E-state index contributed by atoms with van der Waals surface area (Å²) in [5.74, 6) is -0.439. The van der Waals surface area contributed by atoms with Crippen LogP contribution in [0.2, 0.25) is 0 Å². The predicted octanol–water partition coefficient (Wildman–Crippen LogP) is 2.87. The molecule has 1 aliphatic heterocycles. The summed E-state index contributed by atoms with van der Waals surface area (Å²) in [7, 11) is 0. The maximum absolute atomic E-state index is 12.7. The molecule has 27 heavy (non-hydrogen) atoms. The second kappa shape index (κ2) is 6.87. The molecule has 0 saturated heterocycles. The number of ketones is 1. The summed E-state index contributed by atoms with van der Waals surface area (Å²) >= 11 is 0. The third-order valence-electron chi connectivity index (χ3n) is 5.19. The molecule has 2 aromatic carbocycles. The Labute approximate surface area is 156 Å². The second-order valence-electron chi connectivity index (χ2n) is 6.85. The van der Waals surface area contributed by atoms with Gasteiger partial charge in [0.15, 0.2) is 19.0 Å². The highest BCUT2D eigenvalue weighted by molar-refractivity contribution is 6.02. The van der Waals surface area contributed by atoms with Gasteiger partial charge in [-0.1, -0.05) is 36.8 Å². The Morgan fingerprint density at radius 2 is 1.89 bits per heavy atom. The first-order valence-corrected chi connectivity index (χ1v) is 8.91. The molecule has 1 aliphatic carbocycles. The molecule has 2 aromatic rings. The minimum absolute atomic E-state index is 0.0422. The minimum atomic E-state index is -0.640. The van der Waals surface area contributed by atoms with Gasteiger partial charge in [-0.3, -0.25) is 14.4 Å². The van der Waals surface area contributed by atoms with Crippen LogP contribution in [0.4, 0.5) is 5.69 Å². The molecule has 2 aliphatic rings. The van der Waals surface area contributed by atoms with Crippen LogP contribution in [-0.4, -0.2) is 30.9 Å². The van der Waals surface area contributed by atoms with E-state index in [4.69, 9.17) is 9.47 Å². The van der Waals surface area contributed by atoms with Crippen LogP contribution in [0.25, 0.3) is 0 Å². The van der Waals surface area contributed by atoms with Gasteiger partial charge in [0, 0.05) is 5.56 Å². The van der Waals surface area contributed by atoms with Gasteiger partial charge in [-0.25, -0.2) is 0 Å². The molecule has 6 nitrogen and oxygen atoms in total. The van der Waals surface area contributed by atoms with E-state index in [0.29, 0.717) is 17.0 Å². The molecule has 0 spiro atoms. The molecule has 0 radical (unpaired) electrons. The van der Waals surface area contributed by atoms with Gasteiger partial charge in [-0.05, 0) is 36.6 Å². The van der Waals surface area contributed by atoms with Gasteiger partial charge >= 0.3 is 5.97 Å². The Balaban J connectivity index is 1.44. The number of esters is 1. The Morgan fingerprint density at radius 3 is 2.59 bits per heavy atom. The first-order valence-electron chi connectivity index (χ1n) is 8.91. The lowest BCUT2D eigenvalue weighted by Crippen LogP contribution is -2.44. The van der Waals surface area contributed by atoms with Gasteiger partial charge in [0.1, 0.15) is 5.75 Å². The van der Waals surface area contributed by atoms with Crippen molar-refractivity contribution in [3.8, 4) is 5.75 Å². The van der Waals surface area contributed by atoms with Crippen LogP contribution in [0.15, 0.2) is 48.5 Å². The summed E-state index contributed by atoms with van der Waals surface area (Å²) in [5, 5.41) is 2.66. The third kappa shape index (κ3) is 3.18. The Morgan fingerprint density at radius 1 is 1.11 bits per heavy atom. The summed E-state index contributed by atoms with van der Waals surface area (Å²) < 4.78 is 10.7. The second-order valence-corrected chi connectivity index (χ2v) is 6.85. The average molecular weight is 365 g/mol. The first kappa shape index (κ1) is 17.3. The number of fused-ring (bicyclic) bond motifs is 1. The lowest BCUT2D eigenvalue weighted by Gasteiger charge is -2.39. The van der Waals surface area contributed by atoms with Crippen molar-refractivity contribution >= 4 is 23.3 Å². The number of nitrogens with one attached hydrogen (secondary N) is 1. The zero-order valence-electron chi connectivity index (χ0n) is 14.7.